The fraction of sp³-hybridized carbons (Fsp3) is 0.423. The number of nitrogens with zero attached hydrogens (tertiary/aromatic N) is 2. The molecule has 0 saturated heterocycles. The van der Waals surface area contributed by atoms with Crippen LogP contribution in [0.1, 0.15) is 31.2 Å². The van der Waals surface area contributed by atoms with Crippen molar-refractivity contribution in [2.24, 2.45) is 0 Å². The van der Waals surface area contributed by atoms with E-state index in [1.807, 2.05) is 24.3 Å². The number of hydrogen-bond donors (Lipinski definition) is 2. The van der Waals surface area contributed by atoms with Gasteiger partial charge in [-0.2, -0.15) is 0 Å². The molecule has 3 aromatic rings. The van der Waals surface area contributed by atoms with Crippen LogP contribution in [0.2, 0.25) is 0 Å². The van der Waals surface area contributed by atoms with Crippen molar-refractivity contribution in [3.8, 4) is 11.5 Å². The highest BCUT2D eigenvalue weighted by atomic mass is 16.5. The monoisotopic (exact) mass is 434 g/mol. The maximum Gasteiger partial charge on any atom is 0.128 e. The van der Waals surface area contributed by atoms with Gasteiger partial charge in [-0.3, -0.25) is 0 Å². The van der Waals surface area contributed by atoms with Crippen molar-refractivity contribution in [2.75, 3.05) is 38.5 Å². The number of pyridine rings is 1. The van der Waals surface area contributed by atoms with Crippen LogP contribution < -0.4 is 25.0 Å². The average molecular weight is 435 g/mol. The van der Waals surface area contributed by atoms with E-state index in [0.717, 1.165) is 60.6 Å². The molecule has 0 amide bonds. The molecule has 0 bridgehead atoms. The SMILES string of the molecule is COc1cccc(OC)c1CNC1CCC(Nc2cc(N(C)C)c3ccccc3n2)CC1. The number of ether oxygens (including phenoxy) is 2. The van der Waals surface area contributed by atoms with E-state index in [-0.39, 0.29) is 0 Å². The van der Waals surface area contributed by atoms with Crippen LogP contribution in [-0.2, 0) is 6.54 Å². The lowest BCUT2D eigenvalue weighted by Crippen LogP contribution is -2.36. The van der Waals surface area contributed by atoms with Crippen LogP contribution in [0, 0.1) is 0 Å². The third-order valence-electron chi connectivity index (χ3n) is 6.35. The van der Waals surface area contributed by atoms with Crippen molar-refractivity contribution in [3.63, 3.8) is 0 Å². The predicted molar refractivity (Wildman–Crippen MR) is 132 cm³/mol. The summed E-state index contributed by atoms with van der Waals surface area (Å²) in [5, 5.41) is 8.59. The molecule has 1 saturated carbocycles. The Morgan fingerprint density at radius 1 is 0.906 bits per heavy atom. The summed E-state index contributed by atoms with van der Waals surface area (Å²) in [7, 11) is 7.58. The van der Waals surface area contributed by atoms with E-state index >= 15 is 0 Å². The molecule has 0 aliphatic heterocycles. The molecule has 1 fully saturated rings. The normalized spacial score (nSPS) is 18.4. The highest BCUT2D eigenvalue weighted by Crippen LogP contribution is 2.31. The molecule has 0 unspecified atom stereocenters. The van der Waals surface area contributed by atoms with Crippen molar-refractivity contribution in [1.29, 1.82) is 0 Å². The molecule has 0 radical (unpaired) electrons. The Hall–Kier alpha value is -2.99. The Bertz CT molecular complexity index is 1020. The van der Waals surface area contributed by atoms with Crippen molar-refractivity contribution < 1.29 is 9.47 Å². The Morgan fingerprint density at radius 3 is 2.22 bits per heavy atom. The fourth-order valence-corrected chi connectivity index (χ4v) is 4.60. The van der Waals surface area contributed by atoms with Crippen LogP contribution in [0.4, 0.5) is 11.5 Å². The summed E-state index contributed by atoms with van der Waals surface area (Å²) in [4.78, 5) is 7.02. The summed E-state index contributed by atoms with van der Waals surface area (Å²) in [6.07, 6.45) is 4.49. The highest BCUT2D eigenvalue weighted by molar-refractivity contribution is 5.93. The van der Waals surface area contributed by atoms with Gasteiger partial charge in [-0.1, -0.05) is 24.3 Å². The number of hydrogen-bond acceptors (Lipinski definition) is 6. The van der Waals surface area contributed by atoms with Gasteiger partial charge in [0.05, 0.1) is 19.7 Å². The molecule has 1 aliphatic carbocycles. The summed E-state index contributed by atoms with van der Waals surface area (Å²) < 4.78 is 11.1. The van der Waals surface area contributed by atoms with E-state index in [9.17, 15) is 0 Å². The molecule has 4 rings (SSSR count). The van der Waals surface area contributed by atoms with Crippen molar-refractivity contribution in [1.82, 2.24) is 10.3 Å². The van der Waals surface area contributed by atoms with Gasteiger partial charge >= 0.3 is 0 Å². The Kier molecular flexibility index (Phi) is 7.00. The lowest BCUT2D eigenvalue weighted by atomic mass is 9.91. The summed E-state index contributed by atoms with van der Waals surface area (Å²) in [6, 6.07) is 17.4. The first-order chi connectivity index (χ1) is 15.6. The zero-order chi connectivity index (χ0) is 22.5. The maximum atomic E-state index is 5.53. The number of benzene rings is 2. The molecule has 6 nitrogen and oxygen atoms in total. The number of anilines is 2. The van der Waals surface area contributed by atoms with Crippen LogP contribution in [0.15, 0.2) is 48.5 Å². The van der Waals surface area contributed by atoms with E-state index in [1.165, 1.54) is 11.1 Å². The molecule has 32 heavy (non-hydrogen) atoms. The molecule has 2 N–H and O–H groups in total. The number of para-hydroxylation sites is 1. The quantitative estimate of drug-likeness (QED) is 0.530. The zero-order valence-electron chi connectivity index (χ0n) is 19.5. The maximum absolute atomic E-state index is 5.53. The van der Waals surface area contributed by atoms with Crippen LogP contribution in [0.3, 0.4) is 0 Å². The Balaban J connectivity index is 1.36. The van der Waals surface area contributed by atoms with Gasteiger partial charge in [0.2, 0.25) is 0 Å². The molecule has 1 aliphatic rings. The summed E-state index contributed by atoms with van der Waals surface area (Å²) in [6.45, 7) is 0.744. The second-order valence-corrected chi connectivity index (χ2v) is 8.65. The molecule has 1 aromatic heterocycles. The smallest absolute Gasteiger partial charge is 0.128 e. The molecule has 6 heteroatoms. The van der Waals surface area contributed by atoms with Crippen molar-refractivity contribution in [2.45, 2.75) is 44.3 Å². The van der Waals surface area contributed by atoms with E-state index in [0.29, 0.717) is 12.1 Å². The van der Waals surface area contributed by atoms with Crippen LogP contribution in [0.25, 0.3) is 10.9 Å². The van der Waals surface area contributed by atoms with E-state index in [2.05, 4.69) is 53.9 Å². The number of aromatic nitrogens is 1. The molecule has 2 aromatic carbocycles. The van der Waals surface area contributed by atoms with Gasteiger partial charge in [0.1, 0.15) is 17.3 Å². The zero-order valence-corrected chi connectivity index (χ0v) is 19.5. The fourth-order valence-electron chi connectivity index (χ4n) is 4.60. The van der Waals surface area contributed by atoms with Gasteiger partial charge in [0, 0.05) is 55.4 Å². The molecule has 170 valence electrons. The third kappa shape index (κ3) is 4.91. The first-order valence-corrected chi connectivity index (χ1v) is 11.4. The van der Waals surface area contributed by atoms with Crippen molar-refractivity contribution in [3.05, 3.63) is 54.1 Å². The lowest BCUT2D eigenvalue weighted by molar-refractivity contribution is 0.341. The topological polar surface area (TPSA) is 58.7 Å². The second-order valence-electron chi connectivity index (χ2n) is 8.65. The van der Waals surface area contributed by atoms with Gasteiger partial charge in [-0.05, 0) is 43.9 Å². The summed E-state index contributed by atoms with van der Waals surface area (Å²) in [5.74, 6) is 2.69. The van der Waals surface area contributed by atoms with E-state index in [4.69, 9.17) is 14.5 Å². The second kappa shape index (κ2) is 10.1. The number of methoxy groups -OCH3 is 2. The van der Waals surface area contributed by atoms with E-state index < -0.39 is 0 Å². The first-order valence-electron chi connectivity index (χ1n) is 11.4. The van der Waals surface area contributed by atoms with Crippen LogP contribution >= 0.6 is 0 Å². The predicted octanol–water partition coefficient (Wildman–Crippen LogP) is 4.83. The highest BCUT2D eigenvalue weighted by Gasteiger charge is 2.22. The minimum Gasteiger partial charge on any atom is -0.496 e. The van der Waals surface area contributed by atoms with E-state index in [1.54, 1.807) is 14.2 Å². The Morgan fingerprint density at radius 2 is 1.56 bits per heavy atom. The average Bonchev–Trinajstić information content (AvgIpc) is 2.82. The van der Waals surface area contributed by atoms with Gasteiger partial charge in [0.25, 0.3) is 0 Å². The first kappa shape index (κ1) is 22.2. The molecular formula is C26H34N4O2. The van der Waals surface area contributed by atoms with Crippen LogP contribution in [0.5, 0.6) is 11.5 Å². The number of fused-ring (bicyclic) bond motifs is 1. The minimum atomic E-state index is 0.442. The lowest BCUT2D eigenvalue weighted by Gasteiger charge is -2.30. The van der Waals surface area contributed by atoms with Gasteiger partial charge < -0.3 is 25.0 Å². The van der Waals surface area contributed by atoms with Gasteiger partial charge in [-0.25, -0.2) is 4.98 Å². The van der Waals surface area contributed by atoms with Crippen LogP contribution in [-0.4, -0.2) is 45.4 Å². The van der Waals surface area contributed by atoms with Gasteiger partial charge in [0.15, 0.2) is 0 Å². The summed E-state index contributed by atoms with van der Waals surface area (Å²) >= 11 is 0. The molecule has 1 heterocycles. The molecule has 0 atom stereocenters. The molecular weight excluding hydrogens is 400 g/mol. The van der Waals surface area contributed by atoms with Gasteiger partial charge in [-0.15, -0.1) is 0 Å². The number of nitrogens with one attached hydrogen (secondary N) is 2. The number of rotatable bonds is 8. The molecule has 0 spiro atoms. The van der Waals surface area contributed by atoms with Crippen molar-refractivity contribution >= 4 is 22.4 Å². The standard InChI is InChI=1S/C26H34N4O2/c1-30(2)23-16-26(29-22-9-6-5-8-20(22)23)28-19-14-12-18(13-15-19)27-17-21-24(31-3)10-7-11-25(21)32-4/h5-11,16,18-19,27H,12-15,17H2,1-4H3,(H,28,29). The minimum absolute atomic E-state index is 0.442. The Labute approximate surface area is 190 Å². The third-order valence-corrected chi connectivity index (χ3v) is 6.35. The summed E-state index contributed by atoms with van der Waals surface area (Å²) in [5.41, 5.74) is 3.30. The largest absolute Gasteiger partial charge is 0.496 e.